The molecule has 1 aliphatic heterocycles. The number of hydrogen-bond donors (Lipinski definition) is 0. The third-order valence-corrected chi connectivity index (χ3v) is 4.44. The Balaban J connectivity index is 2.06. The van der Waals surface area contributed by atoms with Crippen LogP contribution in [0.25, 0.3) is 0 Å². The van der Waals surface area contributed by atoms with E-state index in [1.807, 2.05) is 4.90 Å². The highest BCUT2D eigenvalue weighted by Crippen LogP contribution is 2.32. The SMILES string of the molecule is CS(=O)(=O)CCN1CCOC(c2cccc(C(F)(F)F)c2)C1. The number of nitrogens with zero attached hydrogens (tertiary/aromatic N) is 1. The lowest BCUT2D eigenvalue weighted by atomic mass is 10.0. The van der Waals surface area contributed by atoms with Crippen molar-refractivity contribution in [1.29, 1.82) is 0 Å². The smallest absolute Gasteiger partial charge is 0.371 e. The van der Waals surface area contributed by atoms with Gasteiger partial charge in [0.05, 0.1) is 24.0 Å². The highest BCUT2D eigenvalue weighted by Gasteiger charge is 2.31. The van der Waals surface area contributed by atoms with Gasteiger partial charge in [0, 0.05) is 25.9 Å². The van der Waals surface area contributed by atoms with E-state index in [0.717, 1.165) is 18.4 Å². The van der Waals surface area contributed by atoms with Gasteiger partial charge in [-0.25, -0.2) is 8.42 Å². The second kappa shape index (κ2) is 6.55. The fourth-order valence-electron chi connectivity index (χ4n) is 2.32. The standard InChI is InChI=1S/C14H18F3NO3S/c1-22(19,20)8-6-18-5-7-21-13(10-18)11-3-2-4-12(9-11)14(15,16)17/h2-4,9,13H,5-8,10H2,1H3. The Morgan fingerprint density at radius 1 is 1.36 bits per heavy atom. The number of halogens is 3. The van der Waals surface area contributed by atoms with E-state index >= 15 is 0 Å². The van der Waals surface area contributed by atoms with Gasteiger partial charge in [-0.1, -0.05) is 12.1 Å². The molecule has 4 nitrogen and oxygen atoms in total. The molecule has 0 amide bonds. The van der Waals surface area contributed by atoms with Crippen molar-refractivity contribution in [3.05, 3.63) is 35.4 Å². The predicted molar refractivity (Wildman–Crippen MR) is 76.3 cm³/mol. The molecular weight excluding hydrogens is 319 g/mol. The summed E-state index contributed by atoms with van der Waals surface area (Å²) >= 11 is 0. The molecule has 0 bridgehead atoms. The molecule has 22 heavy (non-hydrogen) atoms. The number of rotatable bonds is 4. The van der Waals surface area contributed by atoms with Crippen molar-refractivity contribution in [2.75, 3.05) is 38.2 Å². The van der Waals surface area contributed by atoms with Crippen LogP contribution >= 0.6 is 0 Å². The van der Waals surface area contributed by atoms with Gasteiger partial charge in [-0.2, -0.15) is 13.2 Å². The van der Waals surface area contributed by atoms with Crippen molar-refractivity contribution in [3.63, 3.8) is 0 Å². The molecule has 1 aromatic carbocycles. The predicted octanol–water partition coefficient (Wildman–Crippen LogP) is 2.12. The van der Waals surface area contributed by atoms with E-state index in [2.05, 4.69) is 0 Å². The lowest BCUT2D eigenvalue weighted by Crippen LogP contribution is -2.40. The topological polar surface area (TPSA) is 46.6 Å². The van der Waals surface area contributed by atoms with E-state index in [1.165, 1.54) is 6.07 Å². The Bertz CT molecular complexity index is 616. The summed E-state index contributed by atoms with van der Waals surface area (Å²) in [7, 11) is -3.06. The van der Waals surface area contributed by atoms with Gasteiger partial charge in [0.2, 0.25) is 0 Å². The molecule has 1 aromatic rings. The Morgan fingerprint density at radius 2 is 2.09 bits per heavy atom. The molecule has 1 heterocycles. The molecule has 2 rings (SSSR count). The number of morpholine rings is 1. The van der Waals surface area contributed by atoms with Crippen molar-refractivity contribution in [2.45, 2.75) is 12.3 Å². The van der Waals surface area contributed by atoms with E-state index in [-0.39, 0.29) is 5.75 Å². The van der Waals surface area contributed by atoms with Crippen molar-refractivity contribution in [1.82, 2.24) is 4.90 Å². The average molecular weight is 337 g/mol. The Labute approximate surface area is 127 Å². The van der Waals surface area contributed by atoms with Gasteiger partial charge in [0.1, 0.15) is 9.84 Å². The largest absolute Gasteiger partial charge is 0.416 e. The van der Waals surface area contributed by atoms with Crippen molar-refractivity contribution in [2.24, 2.45) is 0 Å². The van der Waals surface area contributed by atoms with Gasteiger partial charge in [-0.05, 0) is 17.7 Å². The molecular formula is C14H18F3NO3S. The molecule has 8 heteroatoms. The molecule has 1 unspecified atom stereocenters. The molecule has 0 N–H and O–H groups in total. The summed E-state index contributed by atoms with van der Waals surface area (Å²) in [6, 6.07) is 5.06. The van der Waals surface area contributed by atoms with E-state index < -0.39 is 27.7 Å². The average Bonchev–Trinajstić information content (AvgIpc) is 2.44. The van der Waals surface area contributed by atoms with Gasteiger partial charge < -0.3 is 4.74 Å². The zero-order valence-corrected chi connectivity index (χ0v) is 13.0. The summed E-state index contributed by atoms with van der Waals surface area (Å²) < 4.78 is 66.2. The van der Waals surface area contributed by atoms with Gasteiger partial charge >= 0.3 is 6.18 Å². The Kier molecular flexibility index (Phi) is 5.14. The number of sulfone groups is 1. The molecule has 0 spiro atoms. The molecule has 0 aromatic heterocycles. The van der Waals surface area contributed by atoms with Gasteiger partial charge in [-0.3, -0.25) is 4.90 Å². The Morgan fingerprint density at radius 3 is 2.73 bits per heavy atom. The lowest BCUT2D eigenvalue weighted by Gasteiger charge is -2.33. The third kappa shape index (κ3) is 4.96. The summed E-state index contributed by atoms with van der Waals surface area (Å²) in [6.07, 6.45) is -3.70. The van der Waals surface area contributed by atoms with Crippen LogP contribution in [-0.4, -0.2) is 51.6 Å². The highest BCUT2D eigenvalue weighted by molar-refractivity contribution is 7.90. The monoisotopic (exact) mass is 337 g/mol. The van der Waals surface area contributed by atoms with Crippen LogP contribution in [-0.2, 0) is 20.8 Å². The first-order valence-corrected chi connectivity index (χ1v) is 8.90. The van der Waals surface area contributed by atoms with Crippen molar-refractivity contribution >= 4 is 9.84 Å². The highest BCUT2D eigenvalue weighted by atomic mass is 32.2. The minimum absolute atomic E-state index is 0.0301. The fraction of sp³-hybridized carbons (Fsp3) is 0.571. The zero-order chi connectivity index (χ0) is 16.4. The first kappa shape index (κ1) is 17.2. The van der Waals surface area contributed by atoms with E-state index in [9.17, 15) is 21.6 Å². The maximum absolute atomic E-state index is 12.7. The lowest BCUT2D eigenvalue weighted by molar-refractivity contribution is -0.137. The van der Waals surface area contributed by atoms with E-state index in [1.54, 1.807) is 6.07 Å². The minimum atomic E-state index is -4.39. The first-order valence-electron chi connectivity index (χ1n) is 6.84. The van der Waals surface area contributed by atoms with Crippen LogP contribution in [0.2, 0.25) is 0 Å². The van der Waals surface area contributed by atoms with Gasteiger partial charge in [-0.15, -0.1) is 0 Å². The quantitative estimate of drug-likeness (QED) is 0.844. The van der Waals surface area contributed by atoms with Crippen molar-refractivity contribution < 1.29 is 26.3 Å². The fourth-order valence-corrected chi connectivity index (χ4v) is 2.91. The molecule has 1 fully saturated rings. The maximum Gasteiger partial charge on any atom is 0.416 e. The van der Waals surface area contributed by atoms with Crippen LogP contribution in [0.5, 0.6) is 0 Å². The number of benzene rings is 1. The third-order valence-electron chi connectivity index (χ3n) is 3.51. The van der Waals surface area contributed by atoms with Crippen LogP contribution in [0.15, 0.2) is 24.3 Å². The summed E-state index contributed by atoms with van der Waals surface area (Å²) in [6.45, 7) is 1.68. The van der Waals surface area contributed by atoms with Crippen LogP contribution < -0.4 is 0 Å². The normalized spacial score (nSPS) is 21.0. The van der Waals surface area contributed by atoms with Crippen molar-refractivity contribution in [3.8, 4) is 0 Å². The minimum Gasteiger partial charge on any atom is -0.371 e. The molecule has 0 radical (unpaired) electrons. The summed E-state index contributed by atoms with van der Waals surface area (Å²) in [5.74, 6) is 0.0301. The second-order valence-corrected chi connectivity index (χ2v) is 7.67. The molecule has 124 valence electrons. The summed E-state index contributed by atoms with van der Waals surface area (Å²) in [4.78, 5) is 1.90. The molecule has 1 saturated heterocycles. The van der Waals surface area contributed by atoms with Crippen LogP contribution in [0.3, 0.4) is 0 Å². The second-order valence-electron chi connectivity index (χ2n) is 5.41. The summed E-state index contributed by atoms with van der Waals surface area (Å²) in [5, 5.41) is 0. The molecule has 1 aliphatic rings. The maximum atomic E-state index is 12.7. The molecule has 0 saturated carbocycles. The Hall–Kier alpha value is -1.12. The first-order chi connectivity index (χ1) is 10.1. The van der Waals surface area contributed by atoms with E-state index in [0.29, 0.717) is 31.8 Å². The number of hydrogen-bond acceptors (Lipinski definition) is 4. The van der Waals surface area contributed by atoms with Crippen LogP contribution in [0, 0.1) is 0 Å². The summed E-state index contributed by atoms with van der Waals surface area (Å²) in [5.41, 5.74) is -0.249. The van der Waals surface area contributed by atoms with E-state index in [4.69, 9.17) is 4.74 Å². The number of alkyl halides is 3. The molecule has 0 aliphatic carbocycles. The van der Waals surface area contributed by atoms with Gasteiger partial charge in [0.25, 0.3) is 0 Å². The van der Waals surface area contributed by atoms with Crippen LogP contribution in [0.1, 0.15) is 17.2 Å². The zero-order valence-electron chi connectivity index (χ0n) is 12.1. The number of ether oxygens (including phenoxy) is 1. The van der Waals surface area contributed by atoms with Gasteiger partial charge in [0.15, 0.2) is 0 Å². The molecule has 1 atom stereocenters. The van der Waals surface area contributed by atoms with Crippen LogP contribution in [0.4, 0.5) is 13.2 Å².